The first-order chi connectivity index (χ1) is 55.2. The zero-order chi connectivity index (χ0) is 88.1. The number of unbranched alkanes of at least 4 members (excludes halogenated alkanes) is 6. The molecule has 2 heterocycles. The molecule has 16 atom stereocenters. The molecule has 0 radical (unpaired) electrons. The molecule has 2 aliphatic rings. The summed E-state index contributed by atoms with van der Waals surface area (Å²) < 4.78 is 6.06. The van der Waals surface area contributed by atoms with Crippen molar-refractivity contribution in [2.75, 3.05) is 26.2 Å². The van der Waals surface area contributed by atoms with Crippen LogP contribution in [0.5, 0.6) is 0 Å². The molecule has 2 fully saturated rings. The van der Waals surface area contributed by atoms with Gasteiger partial charge in [-0.25, -0.2) is 4.79 Å². The van der Waals surface area contributed by atoms with E-state index in [1.165, 1.54) is 31.7 Å². The smallest absolute Gasteiger partial charge is 0.329 e. The van der Waals surface area contributed by atoms with E-state index in [4.69, 9.17) is 4.74 Å². The normalized spacial score (nSPS) is 21.5. The number of carbonyl (C=O) groups excluding carboxylic acids is 14. The van der Waals surface area contributed by atoms with Gasteiger partial charge in [-0.05, 0) is 138 Å². The van der Waals surface area contributed by atoms with Crippen molar-refractivity contribution in [2.45, 2.75) is 346 Å². The molecule has 0 unspecified atom stereocenters. The van der Waals surface area contributed by atoms with E-state index in [9.17, 15) is 48.3 Å². The molecular weight excluding hydrogens is 1500 g/mol. The molecule has 0 aliphatic carbocycles. The number of allylic oxidation sites excluding steroid dienone is 1. The van der Waals surface area contributed by atoms with E-state index in [2.05, 4.69) is 82.5 Å². The Hall–Kier alpha value is -8.54. The molecule has 117 heavy (non-hydrogen) atoms. The van der Waals surface area contributed by atoms with E-state index in [1.54, 1.807) is 127 Å². The van der Waals surface area contributed by atoms with Crippen LogP contribution in [0.2, 0.25) is 0 Å². The van der Waals surface area contributed by atoms with Crippen molar-refractivity contribution >= 4 is 82.8 Å². The molecule has 30 nitrogen and oxygen atoms in total. The fourth-order valence-electron chi connectivity index (χ4n) is 14.2. The fourth-order valence-corrected chi connectivity index (χ4v) is 14.2. The average Bonchev–Trinajstić information content (AvgIpc) is 1.73. The van der Waals surface area contributed by atoms with E-state index in [0.29, 0.717) is 43.7 Å². The van der Waals surface area contributed by atoms with Gasteiger partial charge < -0.3 is 83.4 Å². The molecule has 0 aromatic heterocycles. The third-order valence-electron chi connectivity index (χ3n) is 22.2. The first-order valence-corrected chi connectivity index (χ1v) is 43.4. The van der Waals surface area contributed by atoms with Gasteiger partial charge in [-0.15, -0.1) is 0 Å². The molecule has 3 rings (SSSR count). The van der Waals surface area contributed by atoms with Gasteiger partial charge in [0.2, 0.25) is 70.9 Å². The molecule has 662 valence electrons. The van der Waals surface area contributed by atoms with Crippen LogP contribution in [0.1, 0.15) is 260 Å². The lowest BCUT2D eigenvalue weighted by Gasteiger charge is -2.34. The first-order valence-electron chi connectivity index (χ1n) is 43.4. The molecule has 30 heteroatoms. The summed E-state index contributed by atoms with van der Waals surface area (Å²) >= 11 is 0. The Morgan fingerprint density at radius 1 is 0.556 bits per heavy atom. The number of aliphatic hydroxyl groups excluding tert-OH is 1. The maximum Gasteiger partial charge on any atom is 0.329 e. The highest BCUT2D eigenvalue weighted by atomic mass is 16.5. The summed E-state index contributed by atoms with van der Waals surface area (Å²) in [6, 6.07) is -7.55. The van der Waals surface area contributed by atoms with Crippen LogP contribution >= 0.6 is 0 Å². The van der Waals surface area contributed by atoms with Crippen LogP contribution in [0.3, 0.4) is 0 Å². The number of esters is 1. The number of rotatable bonds is 44. The van der Waals surface area contributed by atoms with Gasteiger partial charge in [-0.2, -0.15) is 0 Å². The number of benzene rings is 1. The van der Waals surface area contributed by atoms with Gasteiger partial charge in [0, 0.05) is 19.4 Å². The van der Waals surface area contributed by atoms with Crippen molar-refractivity contribution in [3.8, 4) is 0 Å². The van der Waals surface area contributed by atoms with Crippen molar-refractivity contribution in [3.63, 3.8) is 0 Å². The second-order valence-corrected chi connectivity index (χ2v) is 34.4. The highest BCUT2D eigenvalue weighted by molar-refractivity contribution is 6.03. The highest BCUT2D eigenvalue weighted by Gasteiger charge is 2.45. The summed E-state index contributed by atoms with van der Waals surface area (Å²) in [6.07, 6.45) is 9.65. The Morgan fingerprint density at radius 3 is 1.62 bits per heavy atom. The van der Waals surface area contributed by atoms with E-state index in [1.807, 2.05) is 13.8 Å². The van der Waals surface area contributed by atoms with E-state index in [-0.39, 0.29) is 50.3 Å². The molecule has 0 bridgehead atoms. The van der Waals surface area contributed by atoms with Crippen LogP contribution in [-0.2, 0) is 78.3 Å². The largest absolute Gasteiger partial charge is 0.458 e. The van der Waals surface area contributed by atoms with Crippen molar-refractivity contribution < 1.29 is 77.0 Å². The number of ether oxygens (including phenoxy) is 1. The van der Waals surface area contributed by atoms with Crippen LogP contribution in [0, 0.1) is 47.3 Å². The van der Waals surface area contributed by atoms with Crippen LogP contribution < -0.4 is 63.8 Å². The Labute approximate surface area is 697 Å². The monoisotopic (exact) mass is 1650 g/mol. The van der Waals surface area contributed by atoms with Crippen molar-refractivity contribution in [2.24, 2.45) is 47.3 Å². The maximum atomic E-state index is 15.5. The number of hydrogen-bond acceptors (Lipinski definition) is 17. The minimum Gasteiger partial charge on any atom is -0.458 e. The third kappa shape index (κ3) is 34.0. The van der Waals surface area contributed by atoms with Crippen molar-refractivity contribution in [1.82, 2.24) is 73.6 Å². The lowest BCUT2D eigenvalue weighted by molar-refractivity contribution is -0.157. The zero-order valence-electron chi connectivity index (χ0n) is 74.2. The lowest BCUT2D eigenvalue weighted by Crippen LogP contribution is -2.64. The van der Waals surface area contributed by atoms with Crippen LogP contribution in [0.15, 0.2) is 42.1 Å². The molecular formula is C87H148N14O16. The summed E-state index contributed by atoms with van der Waals surface area (Å²) in [6.45, 7) is 38.6. The molecule has 2 saturated heterocycles. The summed E-state index contributed by atoms with van der Waals surface area (Å²) in [5.74, 6) is -14.8. The zero-order valence-corrected chi connectivity index (χ0v) is 74.2. The van der Waals surface area contributed by atoms with Crippen molar-refractivity contribution in [1.29, 1.82) is 0 Å². The number of likely N-dealkylation sites (tertiary alicyclic amines) is 1. The Kier molecular flexibility index (Phi) is 46.0. The van der Waals surface area contributed by atoms with Gasteiger partial charge in [-0.3, -0.25) is 62.3 Å². The number of hydrogen-bond donors (Lipinski definition) is 13. The molecule has 2 aliphatic heterocycles. The molecule has 13 amide bonds. The first kappa shape index (κ1) is 103. The van der Waals surface area contributed by atoms with Gasteiger partial charge >= 0.3 is 5.97 Å². The number of nitrogens with zero attached hydrogens (tertiary/aromatic N) is 2. The van der Waals surface area contributed by atoms with Gasteiger partial charge in [0.25, 0.3) is 5.91 Å². The SMILES string of the molecule is C/C=C1\NC(=O)[C@H](Cc2ccccc2)NC(=O)[C@@H](C(C)C)NC(=O)[C@@H]([C@@H](C)CC)NC(=O)[C@H](NC(=O)[C@H](NC(=O)[C@H](CCCN(CCCCCC)CCCCCC)NC(=O)[C@H]2CCCN2C(=O)[C@H](NC(=O)[C@@H](NC(=O)[C@@H](NC(=O)[C@H](NC(=O)CCCC(C)C)C(C)C)[C@@H](C)O)C(C)C)C(C)C)[C@@H](C)CC)[C@@H](C)OC(=O)[C@H](C(C)C)NC1=O. The molecule has 13 N–H and O–H groups in total. The minimum atomic E-state index is -1.82. The summed E-state index contributed by atoms with van der Waals surface area (Å²) in [5, 5.41) is 44.1. The van der Waals surface area contributed by atoms with Crippen LogP contribution in [0.4, 0.5) is 0 Å². The summed E-state index contributed by atoms with van der Waals surface area (Å²) in [4.78, 5) is 208. The fraction of sp³-hybridized carbons (Fsp3) is 0.747. The molecule has 0 spiro atoms. The topological polar surface area (TPSA) is 419 Å². The summed E-state index contributed by atoms with van der Waals surface area (Å²) in [7, 11) is 0. The minimum absolute atomic E-state index is 0.0323. The summed E-state index contributed by atoms with van der Waals surface area (Å²) in [5.41, 5.74) is 0.385. The average molecular weight is 1650 g/mol. The number of amides is 13. The van der Waals surface area contributed by atoms with E-state index in [0.717, 1.165) is 70.9 Å². The molecule has 1 aromatic carbocycles. The van der Waals surface area contributed by atoms with E-state index < -0.39 is 203 Å². The number of nitrogens with one attached hydrogen (secondary N) is 12. The Balaban J connectivity index is 2.15. The second kappa shape index (κ2) is 52.4. The third-order valence-corrected chi connectivity index (χ3v) is 22.2. The predicted molar refractivity (Wildman–Crippen MR) is 451 cm³/mol. The molecule has 0 saturated carbocycles. The predicted octanol–water partition coefficient (Wildman–Crippen LogP) is 6.34. The highest BCUT2D eigenvalue weighted by Crippen LogP contribution is 2.24. The van der Waals surface area contributed by atoms with Crippen LogP contribution in [0.25, 0.3) is 0 Å². The van der Waals surface area contributed by atoms with Crippen molar-refractivity contribution in [3.05, 3.63) is 47.7 Å². The Morgan fingerprint density at radius 2 is 1.09 bits per heavy atom. The van der Waals surface area contributed by atoms with Crippen LogP contribution in [-0.4, -0.2) is 209 Å². The number of cyclic esters (lactones) is 1. The molecule has 1 aromatic rings. The number of carbonyl (C=O) groups is 14. The van der Waals surface area contributed by atoms with Gasteiger partial charge in [0.15, 0.2) is 0 Å². The van der Waals surface area contributed by atoms with Gasteiger partial charge in [0.1, 0.15) is 84.3 Å². The quantitative estimate of drug-likeness (QED) is 0.0192. The number of aliphatic hydroxyl groups is 1. The second-order valence-electron chi connectivity index (χ2n) is 34.4. The van der Waals surface area contributed by atoms with Gasteiger partial charge in [-0.1, -0.05) is 219 Å². The Bertz CT molecular complexity index is 3390. The standard InChI is InChI=1S/C87H148N14O16/c1-22-27-29-34-45-100(46-35-30-28-23-2)47-37-42-62(89-78(107)64-43-38-48-101(64)86(115)69(54(14)15)94-81(110)68(53(12)13)93-84(113)73(58(20)102)98-80(109)66(51(8)9)91-65(103)44-36-39-50(6)7)76(105)96-71(56(18)24-3)83(112)99-74-59(21)117-87(116)70(55(16)17)95-75(104)61(26-5)88-77(106)63(49-60-40-32-31-33-41-60)90-79(108)67(52(10)11)92-82(111)72(57(19)25-4)97-85(74)114/h26,31-33,40-41,50-59,62-64,66-74,102H,22-25,27-30,34-39,42-49H2,1-21H3,(H,88,106)(H,89,107)(H,90,108)(H,91,103)(H,92,111)(H,93,113)(H,94,110)(H,95,104)(H,96,105)(H,97,114)(H,98,109)(H,99,112)/b61-26-/t56-,57-,58+,59+,62-,63-,64+,66+,67+,68-,69+,70-,71+,72+,73-,74+/m0/s1. The van der Waals surface area contributed by atoms with Gasteiger partial charge in [0.05, 0.1) is 6.10 Å². The lowest BCUT2D eigenvalue weighted by atomic mass is 9.95. The van der Waals surface area contributed by atoms with E-state index >= 15 is 24.0 Å². The maximum absolute atomic E-state index is 15.5.